The highest BCUT2D eigenvalue weighted by Crippen LogP contribution is 2.30. The molecule has 0 amide bonds. The number of aryl methyl sites for hydroxylation is 4. The smallest absolute Gasteiger partial charge is 0.0639 e. The van der Waals surface area contributed by atoms with Crippen LogP contribution in [0.4, 0.5) is 11.4 Å². The van der Waals surface area contributed by atoms with Gasteiger partial charge in [-0.3, -0.25) is 9.98 Å². The predicted molar refractivity (Wildman–Crippen MR) is 213 cm³/mol. The molecule has 0 aliphatic heterocycles. The lowest BCUT2D eigenvalue weighted by Crippen LogP contribution is -2.09. The highest BCUT2D eigenvalue weighted by Gasteiger charge is 2.13. The molecule has 0 bridgehead atoms. The molecule has 2 aromatic carbocycles. The van der Waals surface area contributed by atoms with E-state index in [0.717, 1.165) is 48.5 Å². The molecule has 0 saturated heterocycles. The summed E-state index contributed by atoms with van der Waals surface area (Å²) in [7, 11) is 0. The lowest BCUT2D eigenvalue weighted by atomic mass is 9.90. The Morgan fingerprint density at radius 1 is 0.426 bits per heavy atom. The summed E-state index contributed by atoms with van der Waals surface area (Å²) in [6.07, 6.45) is 28.9. The number of rotatable bonds is 26. The van der Waals surface area contributed by atoms with E-state index in [-0.39, 0.29) is 0 Å². The van der Waals surface area contributed by atoms with Gasteiger partial charge in [0.2, 0.25) is 0 Å². The topological polar surface area (TPSA) is 24.7 Å². The summed E-state index contributed by atoms with van der Waals surface area (Å²) in [6, 6.07) is 9.63. The minimum absolute atomic E-state index is 0.890. The first-order chi connectivity index (χ1) is 23.0. The molecule has 0 N–H and O–H groups in total. The van der Waals surface area contributed by atoms with Crippen LogP contribution in [0.15, 0.2) is 34.3 Å². The number of hydrogen-bond donors (Lipinski definition) is 0. The first-order valence-electron chi connectivity index (χ1n) is 20.4. The van der Waals surface area contributed by atoms with Crippen LogP contribution < -0.4 is 0 Å². The molecule has 2 heteroatoms. The fourth-order valence-electron chi connectivity index (χ4n) is 7.21. The Balaban J connectivity index is 2.45. The van der Waals surface area contributed by atoms with E-state index in [1.54, 1.807) is 16.7 Å². The Hall–Kier alpha value is -2.22. The predicted octanol–water partition coefficient (Wildman–Crippen LogP) is 14.6. The average Bonchev–Trinajstić information content (AvgIpc) is 3.08. The van der Waals surface area contributed by atoms with Crippen molar-refractivity contribution in [3.05, 3.63) is 57.6 Å². The molecule has 264 valence electrons. The number of nitrogens with zero attached hydrogens (tertiary/aromatic N) is 2. The third kappa shape index (κ3) is 14.8. The lowest BCUT2D eigenvalue weighted by Gasteiger charge is -2.17. The maximum Gasteiger partial charge on any atom is 0.0639 e. The van der Waals surface area contributed by atoms with Crippen molar-refractivity contribution in [2.45, 2.75) is 203 Å². The van der Waals surface area contributed by atoms with Gasteiger partial charge in [0.25, 0.3) is 0 Å². The monoisotopic (exact) mass is 643 g/mol. The Labute approximate surface area is 292 Å². The fraction of sp³-hybridized carbons (Fsp3) is 0.689. The number of aliphatic imine (C=N–C) groups is 2. The first kappa shape index (κ1) is 41.0. The Bertz CT molecular complexity index is 1200. The summed E-state index contributed by atoms with van der Waals surface area (Å²) in [5.74, 6) is 0. The van der Waals surface area contributed by atoms with Crippen LogP contribution in [0.2, 0.25) is 0 Å². The third-order valence-electron chi connectivity index (χ3n) is 10.1. The second-order valence-electron chi connectivity index (χ2n) is 14.0. The van der Waals surface area contributed by atoms with Crippen LogP contribution in [0.25, 0.3) is 0 Å². The van der Waals surface area contributed by atoms with Crippen LogP contribution in [0, 0.1) is 0 Å². The van der Waals surface area contributed by atoms with E-state index in [1.807, 2.05) is 0 Å². The standard InChI is InChI=1S/C45H74N2/c1-9-16-20-23-24-27-31-44-37(13-5)32-41(35-40(44)30-26-22-18-11-3)46-36(8)45(15-7)47-42-33-38(28-19-12-4)43(14-6)39(34-42)29-25-21-17-10-2/h32-35H,9-31H2,1-8H3. The van der Waals surface area contributed by atoms with E-state index in [9.17, 15) is 0 Å². The molecule has 0 atom stereocenters. The van der Waals surface area contributed by atoms with Gasteiger partial charge in [0.1, 0.15) is 0 Å². The Morgan fingerprint density at radius 3 is 1.36 bits per heavy atom. The maximum atomic E-state index is 5.33. The molecule has 0 heterocycles. The fourth-order valence-corrected chi connectivity index (χ4v) is 7.21. The third-order valence-corrected chi connectivity index (χ3v) is 10.1. The molecule has 2 aromatic rings. The van der Waals surface area contributed by atoms with Crippen molar-refractivity contribution < 1.29 is 0 Å². The van der Waals surface area contributed by atoms with Crippen molar-refractivity contribution >= 4 is 22.8 Å². The summed E-state index contributed by atoms with van der Waals surface area (Å²) >= 11 is 0. The van der Waals surface area contributed by atoms with Crippen LogP contribution >= 0.6 is 0 Å². The van der Waals surface area contributed by atoms with Crippen molar-refractivity contribution in [1.82, 2.24) is 0 Å². The zero-order valence-corrected chi connectivity index (χ0v) is 32.5. The van der Waals surface area contributed by atoms with Gasteiger partial charge in [-0.25, -0.2) is 0 Å². The molecule has 47 heavy (non-hydrogen) atoms. The van der Waals surface area contributed by atoms with Crippen molar-refractivity contribution in [2.24, 2.45) is 9.98 Å². The molecule has 0 aromatic heterocycles. The number of hydrogen-bond acceptors (Lipinski definition) is 2. The highest BCUT2D eigenvalue weighted by molar-refractivity contribution is 6.42. The summed E-state index contributed by atoms with van der Waals surface area (Å²) in [5, 5.41) is 0. The van der Waals surface area contributed by atoms with E-state index in [1.165, 1.54) is 139 Å². The minimum Gasteiger partial charge on any atom is -0.252 e. The van der Waals surface area contributed by atoms with Crippen molar-refractivity contribution in [2.75, 3.05) is 0 Å². The van der Waals surface area contributed by atoms with Crippen molar-refractivity contribution in [1.29, 1.82) is 0 Å². The average molecular weight is 643 g/mol. The minimum atomic E-state index is 0.890. The van der Waals surface area contributed by atoms with E-state index >= 15 is 0 Å². The first-order valence-corrected chi connectivity index (χ1v) is 20.4. The number of unbranched alkanes of at least 4 members (excludes halogenated alkanes) is 12. The molecule has 0 unspecified atom stereocenters. The van der Waals surface area contributed by atoms with E-state index in [0.29, 0.717) is 0 Å². The van der Waals surface area contributed by atoms with Gasteiger partial charge in [-0.15, -0.1) is 0 Å². The van der Waals surface area contributed by atoms with Crippen LogP contribution in [0.1, 0.15) is 198 Å². The van der Waals surface area contributed by atoms with Crippen molar-refractivity contribution in [3.63, 3.8) is 0 Å². The molecule has 2 rings (SSSR count). The van der Waals surface area contributed by atoms with Gasteiger partial charge in [-0.1, -0.05) is 126 Å². The largest absolute Gasteiger partial charge is 0.252 e. The molecule has 0 aliphatic carbocycles. The maximum absolute atomic E-state index is 5.33. The van der Waals surface area contributed by atoms with Gasteiger partial charge in [0.05, 0.1) is 22.8 Å². The van der Waals surface area contributed by atoms with Gasteiger partial charge in [0, 0.05) is 0 Å². The van der Waals surface area contributed by atoms with Gasteiger partial charge in [-0.2, -0.15) is 0 Å². The molecule has 0 radical (unpaired) electrons. The quantitative estimate of drug-likeness (QED) is 0.0720. The molecular formula is C45H74N2. The lowest BCUT2D eigenvalue weighted by molar-refractivity contribution is 0.604. The van der Waals surface area contributed by atoms with Gasteiger partial charge in [-0.05, 0) is 135 Å². The second kappa shape index (κ2) is 24.9. The van der Waals surface area contributed by atoms with Crippen LogP contribution in [-0.2, 0) is 38.5 Å². The van der Waals surface area contributed by atoms with Crippen LogP contribution in [0.3, 0.4) is 0 Å². The van der Waals surface area contributed by atoms with Crippen LogP contribution in [0.5, 0.6) is 0 Å². The van der Waals surface area contributed by atoms with Crippen LogP contribution in [-0.4, -0.2) is 11.4 Å². The summed E-state index contributed by atoms with van der Waals surface area (Å²) in [5.41, 5.74) is 13.8. The summed E-state index contributed by atoms with van der Waals surface area (Å²) in [4.78, 5) is 10.6. The van der Waals surface area contributed by atoms with Gasteiger partial charge in [0.15, 0.2) is 0 Å². The van der Waals surface area contributed by atoms with E-state index in [2.05, 4.69) is 79.7 Å². The molecule has 0 aliphatic rings. The molecular weight excluding hydrogens is 569 g/mol. The van der Waals surface area contributed by atoms with E-state index < -0.39 is 0 Å². The Kier molecular flexibility index (Phi) is 21.7. The summed E-state index contributed by atoms with van der Waals surface area (Å²) in [6.45, 7) is 18.3. The normalized spacial score (nSPS) is 12.3. The molecule has 0 fully saturated rings. The van der Waals surface area contributed by atoms with Gasteiger partial charge >= 0.3 is 0 Å². The number of benzene rings is 2. The zero-order valence-electron chi connectivity index (χ0n) is 32.5. The van der Waals surface area contributed by atoms with E-state index in [4.69, 9.17) is 9.98 Å². The SMILES string of the molecule is CCCCCCCCc1c(CC)cc(N=C(C)C(CC)=Nc2cc(CCCC)c(CC)c(CCCCCC)c2)cc1CCCCCC. The van der Waals surface area contributed by atoms with Gasteiger partial charge < -0.3 is 0 Å². The molecule has 2 nitrogen and oxygen atoms in total. The zero-order chi connectivity index (χ0) is 34.3. The molecule has 0 saturated carbocycles. The second-order valence-corrected chi connectivity index (χ2v) is 14.0. The highest BCUT2D eigenvalue weighted by atomic mass is 14.8. The Morgan fingerprint density at radius 2 is 0.851 bits per heavy atom. The summed E-state index contributed by atoms with van der Waals surface area (Å²) < 4.78 is 0. The van der Waals surface area contributed by atoms with Crippen molar-refractivity contribution in [3.8, 4) is 0 Å². The molecule has 0 spiro atoms.